The number of aliphatic hydroxyl groups excluding tert-OH is 2. The second kappa shape index (κ2) is 8.88. The van der Waals surface area contributed by atoms with Gasteiger partial charge >= 0.3 is 0 Å². The van der Waals surface area contributed by atoms with Crippen molar-refractivity contribution in [2.24, 2.45) is 23.5 Å². The molecule has 0 aliphatic heterocycles. The average Bonchev–Trinajstić information content (AvgIpc) is 2.77. The lowest BCUT2D eigenvalue weighted by atomic mass is 9.57. The number of Topliss-reactive ketones (excluding diaryl/α,β-unsaturated/α-hetero) is 2. The highest BCUT2D eigenvalue weighted by atomic mass is 16.3. The van der Waals surface area contributed by atoms with Gasteiger partial charge in [0.25, 0.3) is 5.91 Å². The van der Waals surface area contributed by atoms with E-state index in [4.69, 9.17) is 5.73 Å². The number of ketones is 2. The van der Waals surface area contributed by atoms with E-state index in [1.54, 1.807) is 14.1 Å². The number of carbonyl (C=O) groups excluding carboxylic acids is 3. The van der Waals surface area contributed by atoms with Crippen LogP contribution in [0.2, 0.25) is 0 Å². The lowest BCUT2D eigenvalue weighted by Gasteiger charge is -2.50. The van der Waals surface area contributed by atoms with Gasteiger partial charge in [-0.25, -0.2) is 0 Å². The third-order valence-corrected chi connectivity index (χ3v) is 7.89. The highest BCUT2D eigenvalue weighted by Crippen LogP contribution is 2.54. The van der Waals surface area contributed by atoms with Gasteiger partial charge in [0, 0.05) is 31.3 Å². The number of aromatic hydroxyl groups is 1. The molecule has 37 heavy (non-hydrogen) atoms. The summed E-state index contributed by atoms with van der Waals surface area (Å²) in [6.45, 7) is 4.00. The number of hydrogen-bond donors (Lipinski definition) is 5. The molecule has 0 bridgehead atoms. The standard InChI is InChI=1S/C27H35N3O7/c1-11(2)7-13-10-16(29(3)4)14-8-12-9-15-20(30(5)6)23(33)19(26(28)36)25(35)27(15,37)24(34)17(12)22(32)18(14)21(13)31/h10-12,15,20,31-32,35,37H,7-9H2,1-6H3,(H2,28,36)/t12-,15-,20-,27+/m1/s1. The number of nitrogens with two attached hydrogens (primary N) is 1. The summed E-state index contributed by atoms with van der Waals surface area (Å²) in [7, 11) is 6.85. The third kappa shape index (κ3) is 3.73. The van der Waals surface area contributed by atoms with Crippen molar-refractivity contribution in [2.45, 2.75) is 44.8 Å². The number of benzene rings is 1. The molecule has 3 aliphatic rings. The van der Waals surface area contributed by atoms with Crippen molar-refractivity contribution in [3.63, 3.8) is 0 Å². The molecule has 1 saturated carbocycles. The van der Waals surface area contributed by atoms with Crippen molar-refractivity contribution in [3.05, 3.63) is 39.7 Å². The van der Waals surface area contributed by atoms with Crippen LogP contribution >= 0.6 is 0 Å². The molecule has 1 amide bonds. The zero-order valence-corrected chi connectivity index (χ0v) is 22.0. The van der Waals surface area contributed by atoms with Gasteiger partial charge in [0.1, 0.15) is 22.8 Å². The Morgan fingerprint density at radius 3 is 2.30 bits per heavy atom. The van der Waals surface area contributed by atoms with Crippen LogP contribution in [0, 0.1) is 17.8 Å². The number of fused-ring (bicyclic) bond motifs is 3. The molecule has 10 nitrogen and oxygen atoms in total. The van der Waals surface area contributed by atoms with E-state index in [1.807, 2.05) is 38.9 Å². The number of nitrogens with zero attached hydrogens (tertiary/aromatic N) is 2. The van der Waals surface area contributed by atoms with Gasteiger partial charge < -0.3 is 31.1 Å². The summed E-state index contributed by atoms with van der Waals surface area (Å²) in [4.78, 5) is 42.6. The number of carbonyl (C=O) groups is 3. The van der Waals surface area contributed by atoms with Crippen LogP contribution in [-0.2, 0) is 27.2 Å². The number of primary amides is 1. The van der Waals surface area contributed by atoms with Crippen LogP contribution in [0.25, 0.3) is 5.76 Å². The van der Waals surface area contributed by atoms with Crippen LogP contribution in [0.3, 0.4) is 0 Å². The monoisotopic (exact) mass is 513 g/mol. The van der Waals surface area contributed by atoms with E-state index in [9.17, 15) is 34.8 Å². The number of amides is 1. The van der Waals surface area contributed by atoms with Crippen LogP contribution in [-0.4, -0.2) is 82.6 Å². The number of anilines is 1. The normalized spacial score (nSPS) is 27.4. The van der Waals surface area contributed by atoms with E-state index >= 15 is 0 Å². The van der Waals surface area contributed by atoms with Gasteiger partial charge in [-0.1, -0.05) is 13.8 Å². The van der Waals surface area contributed by atoms with Crippen molar-refractivity contribution >= 4 is 28.9 Å². The molecule has 0 saturated heterocycles. The van der Waals surface area contributed by atoms with Crippen molar-refractivity contribution in [3.8, 4) is 5.75 Å². The lowest BCUT2D eigenvalue weighted by Crippen LogP contribution is -2.65. The van der Waals surface area contributed by atoms with E-state index in [1.165, 1.54) is 4.90 Å². The quantitative estimate of drug-likeness (QED) is 0.364. The zero-order chi connectivity index (χ0) is 27.7. The fourth-order valence-corrected chi connectivity index (χ4v) is 6.34. The highest BCUT2D eigenvalue weighted by molar-refractivity contribution is 6.24. The Balaban J connectivity index is 2.00. The molecular weight excluding hydrogens is 478 g/mol. The molecule has 1 aromatic carbocycles. The molecule has 3 aliphatic carbocycles. The van der Waals surface area contributed by atoms with Crippen molar-refractivity contribution in [2.75, 3.05) is 33.1 Å². The van der Waals surface area contributed by atoms with E-state index in [0.29, 0.717) is 17.5 Å². The summed E-state index contributed by atoms with van der Waals surface area (Å²) >= 11 is 0. The van der Waals surface area contributed by atoms with E-state index < -0.39 is 58.0 Å². The summed E-state index contributed by atoms with van der Waals surface area (Å²) < 4.78 is 0. The summed E-state index contributed by atoms with van der Waals surface area (Å²) in [5.41, 5.74) is 3.93. The van der Waals surface area contributed by atoms with E-state index in [0.717, 1.165) is 5.69 Å². The number of likely N-dealkylation sites (N-methyl/N-ethyl adjacent to an activating group) is 1. The Bertz CT molecular complexity index is 1280. The molecule has 6 N–H and O–H groups in total. The first-order valence-corrected chi connectivity index (χ1v) is 12.3. The Morgan fingerprint density at radius 1 is 1.16 bits per heavy atom. The molecule has 200 valence electrons. The Morgan fingerprint density at radius 2 is 1.78 bits per heavy atom. The van der Waals surface area contributed by atoms with Crippen LogP contribution in [0.15, 0.2) is 23.0 Å². The SMILES string of the molecule is CC(C)Cc1cc(N(C)C)c2c(c1O)C(O)=C1C(=O)[C@]3(O)C(O)=C(C(N)=O)C(=O)[C@H](N(C)C)[C@H]3C[C@H]1C2. The first-order chi connectivity index (χ1) is 17.1. The largest absolute Gasteiger partial charge is 0.508 e. The maximum atomic E-state index is 13.9. The predicted octanol–water partition coefficient (Wildman–Crippen LogP) is 1.23. The lowest BCUT2D eigenvalue weighted by molar-refractivity contribution is -0.153. The van der Waals surface area contributed by atoms with E-state index in [-0.39, 0.29) is 35.6 Å². The molecule has 4 rings (SSSR count). The van der Waals surface area contributed by atoms with Crippen LogP contribution in [0.1, 0.15) is 37.0 Å². The van der Waals surface area contributed by atoms with Crippen LogP contribution in [0.5, 0.6) is 5.75 Å². The maximum absolute atomic E-state index is 13.9. The van der Waals surface area contributed by atoms with Crippen molar-refractivity contribution in [1.29, 1.82) is 0 Å². The van der Waals surface area contributed by atoms with Gasteiger partial charge in [0.2, 0.25) is 5.78 Å². The van der Waals surface area contributed by atoms with Gasteiger partial charge in [-0.3, -0.25) is 19.3 Å². The number of rotatable bonds is 5. The molecule has 0 aromatic heterocycles. The van der Waals surface area contributed by atoms with Gasteiger partial charge in [-0.2, -0.15) is 0 Å². The fraction of sp³-hybridized carbons (Fsp3) is 0.519. The number of hydrogen-bond acceptors (Lipinski definition) is 9. The fourth-order valence-electron chi connectivity index (χ4n) is 6.34. The minimum Gasteiger partial charge on any atom is -0.508 e. The Labute approximate surface area is 215 Å². The minimum absolute atomic E-state index is 0.0626. The molecule has 0 spiro atoms. The van der Waals surface area contributed by atoms with Crippen molar-refractivity contribution in [1.82, 2.24) is 4.90 Å². The maximum Gasteiger partial charge on any atom is 0.255 e. The topological polar surface area (TPSA) is 165 Å². The zero-order valence-electron chi connectivity index (χ0n) is 22.0. The second-order valence-electron chi connectivity index (χ2n) is 11.2. The Kier molecular flexibility index (Phi) is 6.41. The summed E-state index contributed by atoms with van der Waals surface area (Å²) in [5, 5.41) is 45.3. The molecule has 0 heterocycles. The average molecular weight is 514 g/mol. The number of phenols is 1. The molecule has 1 aromatic rings. The first kappa shape index (κ1) is 26.7. The Hall–Kier alpha value is -3.37. The first-order valence-electron chi connectivity index (χ1n) is 12.3. The van der Waals surface area contributed by atoms with Crippen LogP contribution in [0.4, 0.5) is 5.69 Å². The highest BCUT2D eigenvalue weighted by Gasteiger charge is 2.64. The summed E-state index contributed by atoms with van der Waals surface area (Å²) in [6.07, 6.45) is 0.856. The van der Waals surface area contributed by atoms with Crippen molar-refractivity contribution < 1.29 is 34.8 Å². The van der Waals surface area contributed by atoms with Gasteiger partial charge in [0.05, 0.1) is 11.6 Å². The predicted molar refractivity (Wildman–Crippen MR) is 137 cm³/mol. The number of phenolic OH excluding ortho intramolecular Hbond substituents is 1. The van der Waals surface area contributed by atoms with Gasteiger partial charge in [-0.05, 0) is 62.4 Å². The van der Waals surface area contributed by atoms with Crippen LogP contribution < -0.4 is 10.6 Å². The molecule has 0 unspecified atom stereocenters. The van der Waals surface area contributed by atoms with E-state index in [2.05, 4.69) is 0 Å². The third-order valence-electron chi connectivity index (χ3n) is 7.89. The smallest absolute Gasteiger partial charge is 0.255 e. The molecule has 1 fully saturated rings. The molecular formula is C27H35N3O7. The van der Waals surface area contributed by atoms with Gasteiger partial charge in [-0.15, -0.1) is 0 Å². The van der Waals surface area contributed by atoms with Gasteiger partial charge in [0.15, 0.2) is 11.4 Å². The second-order valence-corrected chi connectivity index (χ2v) is 11.2. The molecule has 10 heteroatoms. The minimum atomic E-state index is -2.64. The summed E-state index contributed by atoms with van der Waals surface area (Å²) in [5.74, 6) is -6.21. The summed E-state index contributed by atoms with van der Waals surface area (Å²) in [6, 6.07) is 0.779. The molecule has 4 atom stereocenters. The molecule has 0 radical (unpaired) electrons. The number of aliphatic hydroxyl groups is 3.